The van der Waals surface area contributed by atoms with Crippen molar-refractivity contribution in [1.82, 2.24) is 4.90 Å². The molecule has 0 saturated carbocycles. The van der Waals surface area contributed by atoms with Gasteiger partial charge in [-0.15, -0.1) is 0 Å². The van der Waals surface area contributed by atoms with E-state index in [1.54, 1.807) is 11.8 Å². The minimum absolute atomic E-state index is 0.0602. The van der Waals surface area contributed by atoms with Crippen LogP contribution in [0.3, 0.4) is 0 Å². The van der Waals surface area contributed by atoms with E-state index in [9.17, 15) is 13.9 Å². The topological polar surface area (TPSA) is 23.5 Å². The van der Waals surface area contributed by atoms with E-state index in [1.165, 1.54) is 18.2 Å². The van der Waals surface area contributed by atoms with Crippen molar-refractivity contribution in [3.8, 4) is 0 Å². The molecule has 4 heteroatoms. The number of aliphatic hydroxyl groups is 1. The van der Waals surface area contributed by atoms with Crippen LogP contribution < -0.4 is 0 Å². The molecule has 0 aliphatic carbocycles. The molecule has 1 rings (SSSR count). The Hall–Kier alpha value is -1.00. The van der Waals surface area contributed by atoms with E-state index in [0.29, 0.717) is 13.1 Å². The predicted molar refractivity (Wildman–Crippen MR) is 59.0 cm³/mol. The smallest absolute Gasteiger partial charge is 0.130 e. The van der Waals surface area contributed by atoms with Crippen molar-refractivity contribution in [1.29, 1.82) is 0 Å². The highest BCUT2D eigenvalue weighted by atomic mass is 19.1. The van der Waals surface area contributed by atoms with Gasteiger partial charge in [-0.1, -0.05) is 13.0 Å². The van der Waals surface area contributed by atoms with Crippen LogP contribution >= 0.6 is 0 Å². The van der Waals surface area contributed by atoms with Crippen LogP contribution in [0.1, 0.15) is 19.4 Å². The highest BCUT2D eigenvalue weighted by Gasteiger charge is 2.13. The fourth-order valence-electron chi connectivity index (χ4n) is 1.59. The molecule has 0 aromatic heterocycles. The lowest BCUT2D eigenvalue weighted by Crippen LogP contribution is -2.31. The lowest BCUT2D eigenvalue weighted by Gasteiger charge is -2.22. The van der Waals surface area contributed by atoms with Crippen LogP contribution in [0.25, 0.3) is 0 Å². The van der Waals surface area contributed by atoms with Crippen LogP contribution in [0.5, 0.6) is 0 Å². The average molecular weight is 229 g/mol. The van der Waals surface area contributed by atoms with Crippen molar-refractivity contribution >= 4 is 0 Å². The Morgan fingerprint density at radius 3 is 2.31 bits per heavy atom. The summed E-state index contributed by atoms with van der Waals surface area (Å²) in [5.41, 5.74) is 0.0602. The second-order valence-corrected chi connectivity index (χ2v) is 3.88. The van der Waals surface area contributed by atoms with Crippen molar-refractivity contribution < 1.29 is 13.9 Å². The van der Waals surface area contributed by atoms with Gasteiger partial charge in [-0.2, -0.15) is 0 Å². The van der Waals surface area contributed by atoms with Crippen LogP contribution in [-0.4, -0.2) is 29.2 Å². The zero-order valence-corrected chi connectivity index (χ0v) is 9.58. The van der Waals surface area contributed by atoms with Crippen molar-refractivity contribution in [3.05, 3.63) is 35.4 Å². The summed E-state index contributed by atoms with van der Waals surface area (Å²) >= 11 is 0. The van der Waals surface area contributed by atoms with Gasteiger partial charge in [-0.25, -0.2) is 8.78 Å². The third-order valence-electron chi connectivity index (χ3n) is 2.41. The summed E-state index contributed by atoms with van der Waals surface area (Å²) in [6.07, 6.45) is -0.505. The molecule has 0 aliphatic heterocycles. The molecule has 0 saturated heterocycles. The van der Waals surface area contributed by atoms with Crippen LogP contribution in [0.2, 0.25) is 0 Å². The highest BCUT2D eigenvalue weighted by molar-refractivity contribution is 5.19. The van der Waals surface area contributed by atoms with E-state index >= 15 is 0 Å². The summed E-state index contributed by atoms with van der Waals surface area (Å²) in [5, 5.41) is 9.24. The SMILES string of the molecule is CCN(Cc1c(F)cccc1F)C[C@@H](C)O. The second-order valence-electron chi connectivity index (χ2n) is 3.88. The fraction of sp³-hybridized carbons (Fsp3) is 0.500. The average Bonchev–Trinajstić information content (AvgIpc) is 2.21. The summed E-state index contributed by atoms with van der Waals surface area (Å²) in [5.74, 6) is -1.08. The van der Waals surface area contributed by atoms with E-state index < -0.39 is 17.7 Å². The molecule has 0 fully saturated rings. The van der Waals surface area contributed by atoms with Crippen LogP contribution in [0.4, 0.5) is 8.78 Å². The molecule has 0 bridgehead atoms. The van der Waals surface area contributed by atoms with Gasteiger partial charge in [-0.3, -0.25) is 4.90 Å². The van der Waals surface area contributed by atoms with Gasteiger partial charge < -0.3 is 5.11 Å². The van der Waals surface area contributed by atoms with Gasteiger partial charge in [-0.05, 0) is 25.6 Å². The third kappa shape index (κ3) is 3.54. The largest absolute Gasteiger partial charge is 0.392 e. The Bertz CT molecular complexity index is 322. The minimum atomic E-state index is -0.538. The van der Waals surface area contributed by atoms with Crippen molar-refractivity contribution in [3.63, 3.8) is 0 Å². The van der Waals surface area contributed by atoms with Crippen molar-refractivity contribution in [2.24, 2.45) is 0 Å². The molecule has 0 heterocycles. The molecule has 0 radical (unpaired) electrons. The Balaban J connectivity index is 2.77. The normalized spacial score (nSPS) is 13.1. The van der Waals surface area contributed by atoms with E-state index in [2.05, 4.69) is 0 Å². The van der Waals surface area contributed by atoms with Gasteiger partial charge >= 0.3 is 0 Å². The molecule has 0 amide bonds. The molecule has 0 unspecified atom stereocenters. The summed E-state index contributed by atoms with van der Waals surface area (Å²) in [6, 6.07) is 3.84. The van der Waals surface area contributed by atoms with Crippen molar-refractivity contribution in [2.75, 3.05) is 13.1 Å². The molecular weight excluding hydrogens is 212 g/mol. The van der Waals surface area contributed by atoms with Gasteiger partial charge in [0.2, 0.25) is 0 Å². The fourth-order valence-corrected chi connectivity index (χ4v) is 1.59. The van der Waals surface area contributed by atoms with E-state index in [4.69, 9.17) is 0 Å². The van der Waals surface area contributed by atoms with E-state index in [1.807, 2.05) is 6.92 Å². The van der Waals surface area contributed by atoms with E-state index in [0.717, 1.165) is 0 Å². The molecule has 1 aromatic rings. The number of hydrogen-bond donors (Lipinski definition) is 1. The first-order valence-corrected chi connectivity index (χ1v) is 5.38. The number of rotatable bonds is 5. The summed E-state index contributed by atoms with van der Waals surface area (Å²) in [7, 11) is 0. The quantitative estimate of drug-likeness (QED) is 0.836. The van der Waals surface area contributed by atoms with Gasteiger partial charge in [0.25, 0.3) is 0 Å². The van der Waals surface area contributed by atoms with Crippen LogP contribution in [-0.2, 0) is 6.54 Å². The molecule has 90 valence electrons. The number of aliphatic hydroxyl groups excluding tert-OH is 1. The lowest BCUT2D eigenvalue weighted by atomic mass is 10.1. The molecule has 0 spiro atoms. The number of halogens is 2. The Morgan fingerprint density at radius 2 is 1.88 bits per heavy atom. The lowest BCUT2D eigenvalue weighted by molar-refractivity contribution is 0.124. The molecule has 1 aromatic carbocycles. The predicted octanol–water partition coefficient (Wildman–Crippen LogP) is 2.17. The Labute approximate surface area is 94.5 Å². The van der Waals surface area contributed by atoms with Gasteiger partial charge in [0.05, 0.1) is 6.10 Å². The van der Waals surface area contributed by atoms with Crippen LogP contribution in [0, 0.1) is 11.6 Å². The third-order valence-corrected chi connectivity index (χ3v) is 2.41. The number of hydrogen-bond acceptors (Lipinski definition) is 2. The minimum Gasteiger partial charge on any atom is -0.392 e. The Morgan fingerprint density at radius 1 is 1.31 bits per heavy atom. The molecular formula is C12H17F2NO. The second kappa shape index (κ2) is 5.92. The standard InChI is InChI=1S/C12H17F2NO/c1-3-15(7-9(2)16)8-10-11(13)5-4-6-12(10)14/h4-6,9,16H,3,7-8H2,1-2H3/t9-/m1/s1. The summed E-state index contributed by atoms with van der Waals surface area (Å²) in [6.45, 7) is 4.77. The maximum atomic E-state index is 13.4. The van der Waals surface area contributed by atoms with E-state index in [-0.39, 0.29) is 12.1 Å². The summed E-state index contributed by atoms with van der Waals surface area (Å²) < 4.78 is 26.7. The maximum absolute atomic E-state index is 13.4. The molecule has 1 atom stereocenters. The van der Waals surface area contributed by atoms with Gasteiger partial charge in [0.15, 0.2) is 0 Å². The summed E-state index contributed by atoms with van der Waals surface area (Å²) in [4.78, 5) is 1.80. The number of benzene rings is 1. The van der Waals surface area contributed by atoms with Gasteiger partial charge in [0.1, 0.15) is 11.6 Å². The first-order chi connectivity index (χ1) is 7.54. The molecule has 1 N–H and O–H groups in total. The number of nitrogens with zero attached hydrogens (tertiary/aromatic N) is 1. The zero-order valence-electron chi connectivity index (χ0n) is 9.58. The van der Waals surface area contributed by atoms with Crippen LogP contribution in [0.15, 0.2) is 18.2 Å². The molecule has 16 heavy (non-hydrogen) atoms. The molecule has 0 aliphatic rings. The first kappa shape index (κ1) is 13.1. The monoisotopic (exact) mass is 229 g/mol. The zero-order chi connectivity index (χ0) is 12.1. The van der Waals surface area contributed by atoms with Gasteiger partial charge in [0, 0.05) is 18.7 Å². The Kier molecular flexibility index (Phi) is 4.83. The highest BCUT2D eigenvalue weighted by Crippen LogP contribution is 2.14. The molecule has 2 nitrogen and oxygen atoms in total. The number of likely N-dealkylation sites (N-methyl/N-ethyl adjacent to an activating group) is 1. The first-order valence-electron chi connectivity index (χ1n) is 5.38. The van der Waals surface area contributed by atoms with Crippen molar-refractivity contribution in [2.45, 2.75) is 26.5 Å². The maximum Gasteiger partial charge on any atom is 0.130 e.